The van der Waals surface area contributed by atoms with E-state index < -0.39 is 12.1 Å². The molecule has 0 amide bonds. The van der Waals surface area contributed by atoms with Crippen molar-refractivity contribution in [2.24, 2.45) is 5.92 Å². The van der Waals surface area contributed by atoms with Crippen LogP contribution >= 0.6 is 0 Å². The van der Waals surface area contributed by atoms with Crippen molar-refractivity contribution in [1.82, 2.24) is 5.32 Å². The number of carbonyl (C=O) groups excluding carboxylic acids is 1. The number of nitrogens with one attached hydrogen (secondary N) is 1. The van der Waals surface area contributed by atoms with Crippen LogP contribution in [0.15, 0.2) is 24.3 Å². The van der Waals surface area contributed by atoms with Crippen molar-refractivity contribution in [1.29, 1.82) is 0 Å². The second kappa shape index (κ2) is 8.02. The molecule has 2 N–H and O–H groups in total. The van der Waals surface area contributed by atoms with E-state index in [-0.39, 0.29) is 5.97 Å². The number of aliphatic hydroxyl groups is 1. The smallest absolute Gasteiger partial charge is 0.322 e. The first-order valence-corrected chi connectivity index (χ1v) is 7.02. The molecule has 0 saturated carbocycles. The average molecular weight is 279 g/mol. The average Bonchev–Trinajstić information content (AvgIpc) is 2.43. The van der Waals surface area contributed by atoms with Crippen molar-refractivity contribution in [2.75, 3.05) is 13.7 Å². The minimum atomic E-state index is -0.629. The Morgan fingerprint density at radius 1 is 1.25 bits per heavy atom. The molecule has 0 spiro atoms. The lowest BCUT2D eigenvalue weighted by atomic mass is 10.0. The molecular weight excluding hydrogens is 254 g/mol. The fourth-order valence-corrected chi connectivity index (χ4v) is 2.01. The van der Waals surface area contributed by atoms with E-state index >= 15 is 0 Å². The zero-order chi connectivity index (χ0) is 15.1. The fraction of sp³-hybridized carbons (Fsp3) is 0.562. The van der Waals surface area contributed by atoms with Crippen LogP contribution in [-0.4, -0.2) is 30.8 Å². The number of benzene rings is 1. The fourth-order valence-electron chi connectivity index (χ4n) is 2.01. The normalized spacial score (nSPS) is 14.1. The Labute approximate surface area is 121 Å². The molecular formula is C16H25NO3. The van der Waals surface area contributed by atoms with Gasteiger partial charge in [-0.1, -0.05) is 38.1 Å². The van der Waals surface area contributed by atoms with Gasteiger partial charge in [-0.2, -0.15) is 0 Å². The Bertz CT molecular complexity index is 414. The number of methoxy groups -OCH3 is 1. The molecule has 0 saturated heterocycles. The van der Waals surface area contributed by atoms with Crippen LogP contribution in [0.25, 0.3) is 0 Å². The van der Waals surface area contributed by atoms with E-state index in [1.54, 1.807) is 6.92 Å². The predicted octanol–water partition coefficient (Wildman–Crippen LogP) is 2.07. The van der Waals surface area contributed by atoms with Gasteiger partial charge in [-0.25, -0.2) is 0 Å². The monoisotopic (exact) mass is 279 g/mol. The van der Waals surface area contributed by atoms with Crippen LogP contribution in [0.4, 0.5) is 0 Å². The lowest BCUT2D eigenvalue weighted by molar-refractivity contribution is -0.142. The van der Waals surface area contributed by atoms with Gasteiger partial charge in [0.2, 0.25) is 0 Å². The molecule has 1 rings (SSSR count). The van der Waals surface area contributed by atoms with Gasteiger partial charge >= 0.3 is 5.97 Å². The molecule has 0 aromatic heterocycles. The summed E-state index contributed by atoms with van der Waals surface area (Å²) in [4.78, 5) is 11.2. The zero-order valence-electron chi connectivity index (χ0n) is 12.7. The minimum absolute atomic E-state index is 0.319. The quantitative estimate of drug-likeness (QED) is 0.750. The largest absolute Gasteiger partial charge is 0.468 e. The summed E-state index contributed by atoms with van der Waals surface area (Å²) in [6.07, 6.45) is 0.406. The maximum absolute atomic E-state index is 11.2. The summed E-state index contributed by atoms with van der Waals surface area (Å²) in [6, 6.07) is 7.54. The first kappa shape index (κ1) is 16.7. The minimum Gasteiger partial charge on any atom is -0.468 e. The van der Waals surface area contributed by atoms with E-state index in [1.807, 2.05) is 24.3 Å². The molecule has 1 aromatic carbocycles. The molecule has 2 unspecified atom stereocenters. The van der Waals surface area contributed by atoms with Gasteiger partial charge in [0, 0.05) is 6.54 Å². The third kappa shape index (κ3) is 5.31. The van der Waals surface area contributed by atoms with E-state index in [0.717, 1.165) is 12.0 Å². The highest BCUT2D eigenvalue weighted by atomic mass is 16.5. The summed E-state index contributed by atoms with van der Waals surface area (Å²) < 4.78 is 4.62. The first-order chi connectivity index (χ1) is 9.43. The summed E-state index contributed by atoms with van der Waals surface area (Å²) >= 11 is 0. The number of aliphatic hydroxyl groups excluding tert-OH is 1. The number of esters is 1. The zero-order valence-corrected chi connectivity index (χ0v) is 12.7. The van der Waals surface area contributed by atoms with Crippen molar-refractivity contribution < 1.29 is 14.6 Å². The van der Waals surface area contributed by atoms with Gasteiger partial charge in [-0.05, 0) is 30.4 Å². The maximum atomic E-state index is 11.2. The predicted molar refractivity (Wildman–Crippen MR) is 79.4 cm³/mol. The van der Waals surface area contributed by atoms with Crippen LogP contribution in [0, 0.1) is 5.92 Å². The molecule has 20 heavy (non-hydrogen) atoms. The number of hydrogen-bond acceptors (Lipinski definition) is 4. The second-order valence-electron chi connectivity index (χ2n) is 5.51. The van der Waals surface area contributed by atoms with Gasteiger partial charge in [0.1, 0.15) is 6.04 Å². The standard InChI is InChI=1S/C16H25NO3/c1-11(2)9-13-5-7-14(8-6-13)15(18)10-17-12(3)16(19)20-4/h5-8,11-12,15,17-18H,9-10H2,1-4H3. The molecule has 4 nitrogen and oxygen atoms in total. The third-order valence-corrected chi connectivity index (χ3v) is 3.18. The van der Waals surface area contributed by atoms with Gasteiger partial charge in [-0.3, -0.25) is 4.79 Å². The van der Waals surface area contributed by atoms with Crippen LogP contribution in [0.3, 0.4) is 0 Å². The summed E-state index contributed by atoms with van der Waals surface area (Å²) in [5.74, 6) is 0.290. The van der Waals surface area contributed by atoms with Crippen LogP contribution in [-0.2, 0) is 16.0 Å². The lowest BCUT2D eigenvalue weighted by Crippen LogP contribution is -2.37. The molecule has 0 bridgehead atoms. The molecule has 0 fully saturated rings. The molecule has 4 heteroatoms. The molecule has 0 aliphatic carbocycles. The van der Waals surface area contributed by atoms with E-state index in [9.17, 15) is 9.90 Å². The van der Waals surface area contributed by atoms with E-state index in [4.69, 9.17) is 0 Å². The first-order valence-electron chi connectivity index (χ1n) is 7.02. The van der Waals surface area contributed by atoms with Gasteiger partial charge in [0.15, 0.2) is 0 Å². The lowest BCUT2D eigenvalue weighted by Gasteiger charge is -2.16. The van der Waals surface area contributed by atoms with Gasteiger partial charge in [0.05, 0.1) is 13.2 Å². The van der Waals surface area contributed by atoms with E-state index in [0.29, 0.717) is 12.5 Å². The summed E-state index contributed by atoms with van der Waals surface area (Å²) in [7, 11) is 1.35. The highest BCUT2D eigenvalue weighted by Crippen LogP contribution is 2.15. The van der Waals surface area contributed by atoms with Crippen LogP contribution in [0.1, 0.15) is 38.0 Å². The summed E-state index contributed by atoms with van der Waals surface area (Å²) in [5.41, 5.74) is 2.12. The molecule has 0 aliphatic rings. The van der Waals surface area contributed by atoms with E-state index in [2.05, 4.69) is 23.9 Å². The second-order valence-corrected chi connectivity index (χ2v) is 5.51. The molecule has 0 aliphatic heterocycles. The van der Waals surface area contributed by atoms with Crippen LogP contribution in [0.2, 0.25) is 0 Å². The third-order valence-electron chi connectivity index (χ3n) is 3.18. The number of carbonyl (C=O) groups is 1. The SMILES string of the molecule is COC(=O)C(C)NCC(O)c1ccc(CC(C)C)cc1. The molecule has 0 radical (unpaired) electrons. The molecule has 112 valence electrons. The van der Waals surface area contributed by atoms with Crippen molar-refractivity contribution in [3.05, 3.63) is 35.4 Å². The Morgan fingerprint density at radius 3 is 2.35 bits per heavy atom. The Hall–Kier alpha value is -1.39. The molecule has 1 aromatic rings. The topological polar surface area (TPSA) is 58.6 Å². The maximum Gasteiger partial charge on any atom is 0.322 e. The highest BCUT2D eigenvalue weighted by molar-refractivity contribution is 5.75. The van der Waals surface area contributed by atoms with Crippen molar-refractivity contribution >= 4 is 5.97 Å². The summed E-state index contributed by atoms with van der Waals surface area (Å²) in [5, 5.41) is 13.0. The Morgan fingerprint density at radius 2 is 1.85 bits per heavy atom. The molecule has 2 atom stereocenters. The Kier molecular flexibility index (Phi) is 6.68. The van der Waals surface area contributed by atoms with Crippen molar-refractivity contribution in [3.63, 3.8) is 0 Å². The van der Waals surface area contributed by atoms with Crippen LogP contribution < -0.4 is 5.32 Å². The highest BCUT2D eigenvalue weighted by Gasteiger charge is 2.15. The number of ether oxygens (including phenoxy) is 1. The van der Waals surface area contributed by atoms with E-state index in [1.165, 1.54) is 12.7 Å². The van der Waals surface area contributed by atoms with Gasteiger partial charge in [-0.15, -0.1) is 0 Å². The molecule has 0 heterocycles. The van der Waals surface area contributed by atoms with Crippen molar-refractivity contribution in [3.8, 4) is 0 Å². The Balaban J connectivity index is 2.51. The summed E-state index contributed by atoms with van der Waals surface area (Å²) in [6.45, 7) is 6.39. The van der Waals surface area contributed by atoms with Gasteiger partial charge < -0.3 is 15.2 Å². The number of hydrogen-bond donors (Lipinski definition) is 2. The number of rotatable bonds is 7. The van der Waals surface area contributed by atoms with Crippen LogP contribution in [0.5, 0.6) is 0 Å². The van der Waals surface area contributed by atoms with Gasteiger partial charge in [0.25, 0.3) is 0 Å². The van der Waals surface area contributed by atoms with Crippen molar-refractivity contribution in [2.45, 2.75) is 39.3 Å².